The third-order valence-corrected chi connectivity index (χ3v) is 2.92. The van der Waals surface area contributed by atoms with Crippen molar-refractivity contribution in [2.75, 3.05) is 6.61 Å². The molecule has 1 aromatic carbocycles. The summed E-state index contributed by atoms with van der Waals surface area (Å²) in [6.07, 6.45) is 2.49. The summed E-state index contributed by atoms with van der Waals surface area (Å²) in [6.45, 7) is -0.0823. The largest absolute Gasteiger partial charge is 0.294 e. The number of Topliss-reactive ketones (excluding diaryl/α,β-unsaturated/α-hetero) is 1. The van der Waals surface area contributed by atoms with Crippen molar-refractivity contribution in [2.45, 2.75) is 25.7 Å². The minimum atomic E-state index is -0.0823. The summed E-state index contributed by atoms with van der Waals surface area (Å²) in [5.74, 6) is -0.0542. The normalized spacial score (nSPS) is 10.4. The quantitative estimate of drug-likeness (QED) is 0.558. The Morgan fingerprint density at radius 1 is 1.06 bits per heavy atom. The number of halogens is 2. The van der Waals surface area contributed by atoms with E-state index in [1.165, 1.54) is 0 Å². The van der Waals surface area contributed by atoms with Crippen molar-refractivity contribution in [1.29, 1.82) is 0 Å². The van der Waals surface area contributed by atoms with E-state index < -0.39 is 0 Å². The molecule has 0 aliphatic carbocycles. The maximum Gasteiger partial charge on any atom is 0.165 e. The topological polar surface area (TPSA) is 37.0 Å². The van der Waals surface area contributed by atoms with Crippen LogP contribution in [0, 0.1) is 0 Å². The van der Waals surface area contributed by atoms with Crippen LogP contribution < -0.4 is 0 Å². The number of carbonyl (C=O) groups is 1. The third kappa shape index (κ3) is 3.78. The predicted molar refractivity (Wildman–Crippen MR) is 64.8 cm³/mol. The summed E-state index contributed by atoms with van der Waals surface area (Å²) < 4.78 is 0. The number of benzene rings is 1. The number of ketones is 1. The second kappa shape index (κ2) is 6.89. The molecule has 2 nitrogen and oxygen atoms in total. The highest BCUT2D eigenvalue weighted by molar-refractivity contribution is 6.39. The molecule has 4 heteroatoms. The average molecular weight is 260 g/mol. The van der Waals surface area contributed by atoms with Crippen molar-refractivity contribution in [3.05, 3.63) is 33.8 Å². The van der Waals surface area contributed by atoms with E-state index in [2.05, 4.69) is 0 Å². The lowest BCUT2D eigenvalue weighted by Crippen LogP contribution is -2.01. The summed E-state index contributed by atoms with van der Waals surface area (Å²) in [5, 5.41) is 11.0. The number of unbranched alkanes of at least 4 members (excludes halogenated alkanes) is 2. The fourth-order valence-electron chi connectivity index (χ4n) is 1.45. The molecule has 1 aromatic rings. The van der Waals surface area contributed by atoms with E-state index in [0.717, 1.165) is 6.42 Å². The standard InChI is InChI=1S/C12H13Cl2O2/c13-9-5-4-6-10(14)12(9)11(16)7-2-1-3-8-15/h4-6H,1-3,7-8H2. The van der Waals surface area contributed by atoms with Crippen LogP contribution in [0.25, 0.3) is 0 Å². The molecule has 0 unspecified atom stereocenters. The highest BCUT2D eigenvalue weighted by atomic mass is 35.5. The van der Waals surface area contributed by atoms with Crippen molar-refractivity contribution in [1.82, 2.24) is 0 Å². The number of carbonyl (C=O) groups excluding carboxylic acids is 1. The van der Waals surface area contributed by atoms with Gasteiger partial charge in [0, 0.05) is 6.42 Å². The third-order valence-electron chi connectivity index (χ3n) is 2.29. The van der Waals surface area contributed by atoms with Crippen LogP contribution in [0.5, 0.6) is 0 Å². The zero-order valence-corrected chi connectivity index (χ0v) is 10.4. The molecule has 0 atom stereocenters. The zero-order valence-electron chi connectivity index (χ0n) is 8.84. The Kier molecular flexibility index (Phi) is 5.81. The van der Waals surface area contributed by atoms with E-state index in [0.29, 0.717) is 34.9 Å². The minimum absolute atomic E-state index is 0.0542. The van der Waals surface area contributed by atoms with Crippen LogP contribution in [0.2, 0.25) is 10.0 Å². The Labute approximate surface area is 105 Å². The van der Waals surface area contributed by atoms with Gasteiger partial charge < -0.3 is 0 Å². The molecular formula is C12H13Cl2O2. The van der Waals surface area contributed by atoms with Gasteiger partial charge in [0.2, 0.25) is 0 Å². The molecule has 0 spiro atoms. The number of hydrogen-bond donors (Lipinski definition) is 0. The van der Waals surface area contributed by atoms with Gasteiger partial charge in [0.25, 0.3) is 0 Å². The smallest absolute Gasteiger partial charge is 0.165 e. The predicted octanol–water partition coefficient (Wildman–Crippen LogP) is 4.17. The first-order valence-corrected chi connectivity index (χ1v) is 5.97. The Morgan fingerprint density at radius 3 is 2.25 bits per heavy atom. The van der Waals surface area contributed by atoms with Gasteiger partial charge in [0.15, 0.2) is 5.78 Å². The van der Waals surface area contributed by atoms with Crippen molar-refractivity contribution in [3.8, 4) is 0 Å². The van der Waals surface area contributed by atoms with Crippen LogP contribution in [0.4, 0.5) is 0 Å². The lowest BCUT2D eigenvalue weighted by molar-refractivity contribution is 0.0977. The van der Waals surface area contributed by atoms with Gasteiger partial charge in [0.1, 0.15) is 0 Å². The van der Waals surface area contributed by atoms with Gasteiger partial charge in [-0.3, -0.25) is 4.79 Å². The van der Waals surface area contributed by atoms with Gasteiger partial charge in [0.05, 0.1) is 22.2 Å². The molecule has 87 valence electrons. The van der Waals surface area contributed by atoms with E-state index in [-0.39, 0.29) is 12.4 Å². The molecule has 0 fully saturated rings. The summed E-state index contributed by atoms with van der Waals surface area (Å²) >= 11 is 11.8. The molecule has 16 heavy (non-hydrogen) atoms. The van der Waals surface area contributed by atoms with Gasteiger partial charge in [-0.25, -0.2) is 5.11 Å². The SMILES string of the molecule is [O]CCCCCC(=O)c1c(Cl)cccc1Cl. The zero-order chi connectivity index (χ0) is 12.0. The minimum Gasteiger partial charge on any atom is -0.294 e. The van der Waals surface area contributed by atoms with E-state index in [9.17, 15) is 9.90 Å². The Balaban J connectivity index is 2.59. The number of hydrogen-bond acceptors (Lipinski definition) is 1. The number of rotatable bonds is 6. The van der Waals surface area contributed by atoms with Gasteiger partial charge in [-0.05, 0) is 25.0 Å². The molecule has 1 rings (SSSR count). The fourth-order valence-corrected chi connectivity index (χ4v) is 2.06. The summed E-state index contributed by atoms with van der Waals surface area (Å²) in [7, 11) is 0. The molecule has 0 bridgehead atoms. The van der Waals surface area contributed by atoms with E-state index in [1.54, 1.807) is 18.2 Å². The van der Waals surface area contributed by atoms with Crippen molar-refractivity contribution in [3.63, 3.8) is 0 Å². The fraction of sp³-hybridized carbons (Fsp3) is 0.417. The average Bonchev–Trinajstić information content (AvgIpc) is 2.24. The van der Waals surface area contributed by atoms with Gasteiger partial charge in [-0.15, -0.1) is 0 Å². The molecule has 0 amide bonds. The molecule has 0 aromatic heterocycles. The van der Waals surface area contributed by atoms with Crippen LogP contribution in [0.3, 0.4) is 0 Å². The highest BCUT2D eigenvalue weighted by Crippen LogP contribution is 2.26. The highest BCUT2D eigenvalue weighted by Gasteiger charge is 2.13. The Morgan fingerprint density at radius 2 is 1.69 bits per heavy atom. The monoisotopic (exact) mass is 259 g/mol. The first-order chi connectivity index (χ1) is 7.66. The summed E-state index contributed by atoms with van der Waals surface area (Å²) in [6, 6.07) is 5.01. The van der Waals surface area contributed by atoms with Crippen LogP contribution in [0.15, 0.2) is 18.2 Å². The molecule has 0 saturated heterocycles. The lowest BCUT2D eigenvalue weighted by Gasteiger charge is -2.05. The Bertz CT molecular complexity index is 344. The van der Waals surface area contributed by atoms with Gasteiger partial charge in [-0.1, -0.05) is 35.7 Å². The lowest BCUT2D eigenvalue weighted by atomic mass is 10.0. The van der Waals surface area contributed by atoms with Crippen LogP contribution in [0.1, 0.15) is 36.0 Å². The molecule has 0 aliphatic rings. The van der Waals surface area contributed by atoms with E-state index in [1.807, 2.05) is 0 Å². The molecule has 0 heterocycles. The van der Waals surface area contributed by atoms with E-state index in [4.69, 9.17) is 23.2 Å². The van der Waals surface area contributed by atoms with E-state index >= 15 is 0 Å². The second-order valence-corrected chi connectivity index (χ2v) is 4.35. The van der Waals surface area contributed by atoms with Gasteiger partial charge >= 0.3 is 0 Å². The summed E-state index contributed by atoms with van der Waals surface area (Å²) in [5.41, 5.74) is 0.396. The first-order valence-electron chi connectivity index (χ1n) is 5.22. The molecule has 0 saturated carbocycles. The summed E-state index contributed by atoms with van der Waals surface area (Å²) in [4.78, 5) is 11.8. The first kappa shape index (κ1) is 13.5. The van der Waals surface area contributed by atoms with Gasteiger partial charge in [-0.2, -0.15) is 0 Å². The maximum absolute atomic E-state index is 11.8. The van der Waals surface area contributed by atoms with Crippen LogP contribution >= 0.6 is 23.2 Å². The molecule has 0 aliphatic heterocycles. The van der Waals surface area contributed by atoms with Crippen molar-refractivity contribution < 1.29 is 9.90 Å². The molecular weight excluding hydrogens is 247 g/mol. The maximum atomic E-state index is 11.8. The second-order valence-electron chi connectivity index (χ2n) is 3.53. The van der Waals surface area contributed by atoms with Crippen LogP contribution in [-0.2, 0) is 5.11 Å². The van der Waals surface area contributed by atoms with Crippen molar-refractivity contribution >= 4 is 29.0 Å². The molecule has 0 N–H and O–H groups in total. The molecule has 1 radical (unpaired) electrons. The van der Waals surface area contributed by atoms with Crippen LogP contribution in [-0.4, -0.2) is 12.4 Å². The van der Waals surface area contributed by atoms with Crippen molar-refractivity contribution in [2.24, 2.45) is 0 Å². The Hall–Kier alpha value is -0.570.